The number of rotatable bonds is 3. The zero-order valence-corrected chi connectivity index (χ0v) is 18.0. The molecule has 1 aliphatic heterocycles. The molecule has 3 aromatic carbocycles. The predicted molar refractivity (Wildman–Crippen MR) is 120 cm³/mol. The van der Waals surface area contributed by atoms with E-state index in [0.29, 0.717) is 22.9 Å². The van der Waals surface area contributed by atoms with Crippen molar-refractivity contribution in [1.82, 2.24) is 9.29 Å². The van der Waals surface area contributed by atoms with Gasteiger partial charge in [0.25, 0.3) is 0 Å². The minimum Gasteiger partial charge on any atom is -0.358 e. The topological polar surface area (TPSA) is 53.2 Å². The second-order valence-electron chi connectivity index (χ2n) is 7.70. The number of H-pyrrole nitrogens is 1. The molecule has 1 N–H and O–H groups in total. The van der Waals surface area contributed by atoms with Crippen molar-refractivity contribution in [2.75, 3.05) is 6.54 Å². The Balaban J connectivity index is 1.73. The second kappa shape index (κ2) is 7.27. The fraction of sp³-hybridized carbons (Fsp3) is 0.167. The molecule has 0 spiro atoms. The maximum Gasteiger partial charge on any atom is 0.243 e. The number of fused-ring (bicyclic) bond motifs is 3. The summed E-state index contributed by atoms with van der Waals surface area (Å²) in [4.78, 5) is 3.81. The van der Waals surface area contributed by atoms with Gasteiger partial charge in [0.15, 0.2) is 0 Å². The Morgan fingerprint density at radius 1 is 0.967 bits per heavy atom. The molecule has 5 rings (SSSR count). The van der Waals surface area contributed by atoms with Gasteiger partial charge in [0.05, 0.1) is 10.9 Å². The molecular weight excluding hydrogens is 416 g/mol. The van der Waals surface area contributed by atoms with Crippen LogP contribution in [0.25, 0.3) is 10.9 Å². The first kappa shape index (κ1) is 19.4. The molecule has 1 aromatic heterocycles. The predicted octanol–water partition coefficient (Wildman–Crippen LogP) is 5.47. The summed E-state index contributed by atoms with van der Waals surface area (Å²) in [5.74, 6) is 0. The molecule has 0 saturated carbocycles. The smallest absolute Gasteiger partial charge is 0.243 e. The van der Waals surface area contributed by atoms with E-state index < -0.39 is 16.1 Å². The lowest BCUT2D eigenvalue weighted by atomic mass is 9.92. The van der Waals surface area contributed by atoms with E-state index in [4.69, 9.17) is 11.6 Å². The Morgan fingerprint density at radius 2 is 1.67 bits per heavy atom. The lowest BCUT2D eigenvalue weighted by molar-refractivity contribution is 0.344. The molecule has 2 heterocycles. The van der Waals surface area contributed by atoms with Crippen LogP contribution in [-0.4, -0.2) is 24.3 Å². The van der Waals surface area contributed by atoms with Gasteiger partial charge >= 0.3 is 0 Å². The summed E-state index contributed by atoms with van der Waals surface area (Å²) >= 11 is 6.12. The van der Waals surface area contributed by atoms with Gasteiger partial charge in [-0.05, 0) is 42.8 Å². The first-order valence-corrected chi connectivity index (χ1v) is 11.7. The normalized spacial score (nSPS) is 17.2. The Hall–Kier alpha value is -2.60. The zero-order chi connectivity index (χ0) is 20.9. The van der Waals surface area contributed by atoms with Crippen LogP contribution >= 0.6 is 11.6 Å². The first-order chi connectivity index (χ1) is 14.4. The van der Waals surface area contributed by atoms with E-state index in [0.717, 1.165) is 33.3 Å². The molecule has 1 aliphatic rings. The molecule has 0 bridgehead atoms. The summed E-state index contributed by atoms with van der Waals surface area (Å²) in [5.41, 5.74) is 5.07. The van der Waals surface area contributed by atoms with Crippen molar-refractivity contribution in [3.05, 3.63) is 100 Å². The fourth-order valence-corrected chi connectivity index (χ4v) is 6.02. The first-order valence-electron chi connectivity index (χ1n) is 9.88. The van der Waals surface area contributed by atoms with E-state index in [1.54, 1.807) is 16.4 Å². The summed E-state index contributed by atoms with van der Waals surface area (Å²) in [6, 6.07) is 22.2. The van der Waals surface area contributed by atoms with Crippen LogP contribution in [0.15, 0.2) is 77.7 Å². The largest absolute Gasteiger partial charge is 0.358 e. The van der Waals surface area contributed by atoms with E-state index >= 15 is 0 Å². The third-order valence-corrected chi connectivity index (χ3v) is 7.92. The van der Waals surface area contributed by atoms with Crippen LogP contribution in [0.1, 0.15) is 28.4 Å². The van der Waals surface area contributed by atoms with Gasteiger partial charge in [-0.2, -0.15) is 4.31 Å². The highest BCUT2D eigenvalue weighted by molar-refractivity contribution is 7.89. The highest BCUT2D eigenvalue weighted by Gasteiger charge is 2.39. The number of hydrogen-bond donors (Lipinski definition) is 1. The van der Waals surface area contributed by atoms with Gasteiger partial charge in [0.1, 0.15) is 0 Å². The van der Waals surface area contributed by atoms with E-state index in [1.165, 1.54) is 0 Å². The lowest BCUT2D eigenvalue weighted by Gasteiger charge is -2.35. The molecule has 30 heavy (non-hydrogen) atoms. The summed E-state index contributed by atoms with van der Waals surface area (Å²) in [7, 11) is -3.69. The number of benzene rings is 3. The molecule has 0 radical (unpaired) electrons. The molecule has 4 aromatic rings. The standard InChI is InChI=1S/C24H21ClN2O2S/c1-16-6-12-19(13-7-16)30(28,29)27-15-14-22-23(20-4-2-3-5-21(20)26-22)24(27)17-8-10-18(25)11-9-17/h2-13,24,26H,14-15H2,1H3. The Labute approximate surface area is 181 Å². The molecule has 6 heteroatoms. The van der Waals surface area contributed by atoms with Gasteiger partial charge < -0.3 is 4.98 Å². The number of halogens is 1. The maximum absolute atomic E-state index is 13.7. The molecule has 152 valence electrons. The van der Waals surface area contributed by atoms with Gasteiger partial charge in [-0.15, -0.1) is 0 Å². The average molecular weight is 437 g/mol. The van der Waals surface area contributed by atoms with Crippen LogP contribution in [0.3, 0.4) is 0 Å². The van der Waals surface area contributed by atoms with Gasteiger partial charge in [-0.1, -0.05) is 59.6 Å². The van der Waals surface area contributed by atoms with E-state index in [-0.39, 0.29) is 0 Å². The molecule has 0 aliphatic carbocycles. The summed E-state index contributed by atoms with van der Waals surface area (Å²) in [5, 5.41) is 1.68. The average Bonchev–Trinajstić information content (AvgIpc) is 3.13. The zero-order valence-electron chi connectivity index (χ0n) is 16.5. The molecule has 0 amide bonds. The van der Waals surface area contributed by atoms with E-state index in [2.05, 4.69) is 11.1 Å². The van der Waals surface area contributed by atoms with Crippen molar-refractivity contribution in [2.45, 2.75) is 24.3 Å². The third-order valence-electron chi connectivity index (χ3n) is 5.78. The van der Waals surface area contributed by atoms with Crippen molar-refractivity contribution in [1.29, 1.82) is 0 Å². The van der Waals surface area contributed by atoms with Crippen molar-refractivity contribution in [3.63, 3.8) is 0 Å². The summed E-state index contributed by atoms with van der Waals surface area (Å²) < 4.78 is 29.0. The monoisotopic (exact) mass is 436 g/mol. The highest BCUT2D eigenvalue weighted by Crippen LogP contribution is 2.42. The second-order valence-corrected chi connectivity index (χ2v) is 10.0. The van der Waals surface area contributed by atoms with Crippen LogP contribution in [0.4, 0.5) is 0 Å². The Morgan fingerprint density at radius 3 is 2.40 bits per heavy atom. The SMILES string of the molecule is Cc1ccc(S(=O)(=O)N2CCc3[nH]c4ccccc4c3C2c2ccc(Cl)cc2)cc1. The summed E-state index contributed by atoms with van der Waals surface area (Å²) in [6.45, 7) is 2.36. The number of nitrogens with one attached hydrogen (secondary N) is 1. The molecule has 1 unspecified atom stereocenters. The minimum absolute atomic E-state index is 0.315. The van der Waals surface area contributed by atoms with E-state index in [1.807, 2.05) is 61.5 Å². The van der Waals surface area contributed by atoms with Crippen LogP contribution in [0.2, 0.25) is 5.02 Å². The quantitative estimate of drug-likeness (QED) is 0.463. The third kappa shape index (κ3) is 3.14. The van der Waals surface area contributed by atoms with Crippen molar-refractivity contribution in [3.8, 4) is 0 Å². The van der Waals surface area contributed by atoms with Gasteiger partial charge in [0.2, 0.25) is 10.0 Å². The number of aryl methyl sites for hydroxylation is 1. The van der Waals surface area contributed by atoms with Gasteiger partial charge in [0, 0.05) is 40.1 Å². The highest BCUT2D eigenvalue weighted by atomic mass is 35.5. The number of sulfonamides is 1. The summed E-state index contributed by atoms with van der Waals surface area (Å²) in [6.07, 6.45) is 0.638. The van der Waals surface area contributed by atoms with Crippen LogP contribution in [0, 0.1) is 6.92 Å². The number of nitrogens with zero attached hydrogens (tertiary/aromatic N) is 1. The molecular formula is C24H21ClN2O2S. The molecule has 0 saturated heterocycles. The van der Waals surface area contributed by atoms with Crippen molar-refractivity contribution >= 4 is 32.5 Å². The lowest BCUT2D eigenvalue weighted by Crippen LogP contribution is -2.40. The molecule has 0 fully saturated rings. The molecule has 4 nitrogen and oxygen atoms in total. The van der Waals surface area contributed by atoms with Crippen LogP contribution < -0.4 is 0 Å². The van der Waals surface area contributed by atoms with E-state index in [9.17, 15) is 8.42 Å². The Kier molecular flexibility index (Phi) is 4.69. The minimum atomic E-state index is -3.69. The maximum atomic E-state index is 13.7. The number of aromatic amines is 1. The fourth-order valence-electron chi connectivity index (χ4n) is 4.31. The number of para-hydroxylation sites is 1. The van der Waals surface area contributed by atoms with Crippen molar-refractivity contribution in [2.24, 2.45) is 0 Å². The van der Waals surface area contributed by atoms with Gasteiger partial charge in [-0.3, -0.25) is 0 Å². The molecule has 1 atom stereocenters. The van der Waals surface area contributed by atoms with Crippen LogP contribution in [-0.2, 0) is 16.4 Å². The number of aromatic nitrogens is 1. The van der Waals surface area contributed by atoms with Crippen LogP contribution in [0.5, 0.6) is 0 Å². The Bertz CT molecular complexity index is 1330. The number of hydrogen-bond acceptors (Lipinski definition) is 2. The van der Waals surface area contributed by atoms with Crippen molar-refractivity contribution < 1.29 is 8.42 Å². The van der Waals surface area contributed by atoms with Gasteiger partial charge in [-0.25, -0.2) is 8.42 Å².